The number of alkyl halides is 2. The molecule has 0 aromatic heterocycles. The van der Waals surface area contributed by atoms with Gasteiger partial charge in [-0.05, 0) is 23.3 Å². The van der Waals surface area contributed by atoms with E-state index >= 15 is 0 Å². The zero-order valence-electron chi connectivity index (χ0n) is 13.5. The van der Waals surface area contributed by atoms with Crippen molar-refractivity contribution in [2.24, 2.45) is 0 Å². The molecule has 0 aliphatic heterocycles. The summed E-state index contributed by atoms with van der Waals surface area (Å²) in [5.74, 6) is 0. The molecule has 2 rings (SSSR count). The first kappa shape index (κ1) is 22.0. The van der Waals surface area contributed by atoms with Crippen molar-refractivity contribution in [2.75, 3.05) is 13.2 Å². The largest absolute Gasteiger partial charge is 0.378 e. The van der Waals surface area contributed by atoms with E-state index < -0.39 is 9.85 Å². The summed E-state index contributed by atoms with van der Waals surface area (Å²) in [5.41, 5.74) is 0.928. The van der Waals surface area contributed by atoms with Crippen molar-refractivity contribution in [3.63, 3.8) is 0 Å². The number of hydrogen-bond donors (Lipinski definition) is 0. The predicted molar refractivity (Wildman–Crippen MR) is 110 cm³/mol. The minimum absolute atomic E-state index is 0.0689. The van der Waals surface area contributed by atoms with Crippen LogP contribution in [0.15, 0.2) is 36.4 Å². The third kappa shape index (κ3) is 5.86. The van der Waals surface area contributed by atoms with Crippen LogP contribution in [0.1, 0.15) is 20.8 Å². The molecule has 11 heteroatoms. The Hall–Kier alpha value is -1.26. The first-order chi connectivity index (χ1) is 12.7. The lowest BCUT2D eigenvalue weighted by Crippen LogP contribution is -2.08. The highest BCUT2D eigenvalue weighted by Crippen LogP contribution is 2.35. The normalized spacial score (nSPS) is 13.2. The second-order valence-corrected chi connectivity index (χ2v) is 8.42. The molecule has 2 aromatic rings. The molecule has 0 saturated carbocycles. The monoisotopic (exact) mass is 540 g/mol. The van der Waals surface area contributed by atoms with Crippen LogP contribution in [0.5, 0.6) is 0 Å². The van der Waals surface area contributed by atoms with Gasteiger partial charge in [0, 0.05) is 34.3 Å². The summed E-state index contributed by atoms with van der Waals surface area (Å²) < 4.78 is 5.63. The fourth-order valence-corrected chi connectivity index (χ4v) is 4.12. The summed E-state index contributed by atoms with van der Waals surface area (Å²) in [4.78, 5) is 20.1. The molecule has 0 aliphatic carbocycles. The highest BCUT2D eigenvalue weighted by Gasteiger charge is 2.19. The van der Waals surface area contributed by atoms with Crippen LogP contribution < -0.4 is 0 Å². The second-order valence-electron chi connectivity index (χ2n) is 5.40. The highest BCUT2D eigenvalue weighted by atomic mass is 79.9. The Morgan fingerprint density at radius 3 is 1.56 bits per heavy atom. The molecule has 0 fully saturated rings. The van der Waals surface area contributed by atoms with E-state index in [-0.39, 0.29) is 34.2 Å². The summed E-state index contributed by atoms with van der Waals surface area (Å²) in [7, 11) is 0. The number of halogens is 4. The highest BCUT2D eigenvalue weighted by molar-refractivity contribution is 9.09. The van der Waals surface area contributed by atoms with Crippen molar-refractivity contribution in [1.29, 1.82) is 0 Å². The van der Waals surface area contributed by atoms with E-state index in [4.69, 9.17) is 27.9 Å². The van der Waals surface area contributed by atoms with Crippen LogP contribution in [0.3, 0.4) is 0 Å². The Morgan fingerprint density at radius 1 is 0.852 bits per heavy atom. The van der Waals surface area contributed by atoms with Crippen molar-refractivity contribution in [3.8, 4) is 0 Å². The van der Waals surface area contributed by atoms with Gasteiger partial charge >= 0.3 is 0 Å². The van der Waals surface area contributed by atoms with Crippen molar-refractivity contribution >= 4 is 66.4 Å². The van der Waals surface area contributed by atoms with Crippen molar-refractivity contribution in [1.82, 2.24) is 0 Å². The van der Waals surface area contributed by atoms with E-state index in [1.54, 1.807) is 0 Å². The Labute approximate surface area is 181 Å². The molecule has 7 nitrogen and oxygen atoms in total. The Balaban J connectivity index is 2.02. The van der Waals surface area contributed by atoms with E-state index in [1.165, 1.54) is 36.4 Å². The maximum atomic E-state index is 10.9. The fourth-order valence-electron chi connectivity index (χ4n) is 2.22. The van der Waals surface area contributed by atoms with E-state index in [0.717, 1.165) is 0 Å². The van der Waals surface area contributed by atoms with Crippen LogP contribution in [0.25, 0.3) is 0 Å². The third-order valence-electron chi connectivity index (χ3n) is 3.58. The molecule has 27 heavy (non-hydrogen) atoms. The molecule has 0 N–H and O–H groups in total. The molecule has 0 bridgehead atoms. The molecule has 144 valence electrons. The average Bonchev–Trinajstić information content (AvgIpc) is 2.61. The quantitative estimate of drug-likeness (QED) is 0.218. The maximum Gasteiger partial charge on any atom is 0.269 e. The van der Waals surface area contributed by atoms with Gasteiger partial charge in [0.2, 0.25) is 0 Å². The molecule has 0 amide bonds. The minimum Gasteiger partial charge on any atom is -0.378 e. The summed E-state index contributed by atoms with van der Waals surface area (Å²) in [6, 6.07) is 8.33. The molecule has 0 aliphatic rings. The van der Waals surface area contributed by atoms with Gasteiger partial charge in [-0.15, -0.1) is 0 Å². The van der Waals surface area contributed by atoms with Crippen LogP contribution in [0.2, 0.25) is 10.0 Å². The minimum atomic E-state index is -0.501. The Kier molecular flexibility index (Phi) is 7.99. The number of benzene rings is 2. The van der Waals surface area contributed by atoms with Gasteiger partial charge < -0.3 is 4.74 Å². The standard InChI is InChI=1S/C16H12Br2Cl2N2O5/c17-13(11-5-9(21(23)24)1-3-15(11)19)7-27-8-14(18)12-6-10(22(25)26)2-4-16(12)20/h1-6,13-14H,7-8H2. The van der Waals surface area contributed by atoms with E-state index in [0.29, 0.717) is 21.2 Å². The molecular weight excluding hydrogens is 531 g/mol. The van der Waals surface area contributed by atoms with Crippen LogP contribution in [-0.4, -0.2) is 23.1 Å². The lowest BCUT2D eigenvalue weighted by molar-refractivity contribution is -0.385. The predicted octanol–water partition coefficient (Wildman–Crippen LogP) is 6.40. The number of ether oxygens (including phenoxy) is 1. The molecule has 0 heterocycles. The number of nitro benzene ring substituents is 2. The second kappa shape index (κ2) is 9.79. The Bertz CT molecular complexity index is 799. The van der Waals surface area contributed by atoms with Crippen LogP contribution in [0, 0.1) is 20.2 Å². The molecule has 0 radical (unpaired) electrons. The number of hydrogen-bond acceptors (Lipinski definition) is 5. The fraction of sp³-hybridized carbons (Fsp3) is 0.250. The summed E-state index contributed by atoms with van der Waals surface area (Å²) in [6.45, 7) is 0.352. The van der Waals surface area contributed by atoms with Crippen molar-refractivity contribution in [2.45, 2.75) is 9.65 Å². The molecular formula is C16H12Br2Cl2N2O5. The van der Waals surface area contributed by atoms with Gasteiger partial charge in [-0.25, -0.2) is 0 Å². The SMILES string of the molecule is O=[N+]([O-])c1ccc(Cl)c(C(Br)COCC(Br)c2cc([N+](=O)[O-])ccc2Cl)c1. The molecule has 0 saturated heterocycles. The molecule has 2 aromatic carbocycles. The number of nitro groups is 2. The van der Waals surface area contributed by atoms with E-state index in [1.807, 2.05) is 0 Å². The van der Waals surface area contributed by atoms with Gasteiger partial charge in [-0.1, -0.05) is 55.1 Å². The van der Waals surface area contributed by atoms with Gasteiger partial charge in [-0.2, -0.15) is 0 Å². The van der Waals surface area contributed by atoms with Gasteiger partial charge in [0.05, 0.1) is 32.7 Å². The first-order valence-corrected chi connectivity index (χ1v) is 10.0. The van der Waals surface area contributed by atoms with Gasteiger partial charge in [0.1, 0.15) is 0 Å². The average molecular weight is 543 g/mol. The summed E-state index contributed by atoms with van der Waals surface area (Å²) in [5, 5.41) is 22.6. The number of nitrogens with zero attached hydrogens (tertiary/aromatic N) is 2. The number of non-ortho nitro benzene ring substituents is 2. The van der Waals surface area contributed by atoms with Crippen LogP contribution >= 0.6 is 55.1 Å². The zero-order valence-corrected chi connectivity index (χ0v) is 18.2. The van der Waals surface area contributed by atoms with Crippen LogP contribution in [-0.2, 0) is 4.74 Å². The van der Waals surface area contributed by atoms with Crippen molar-refractivity contribution in [3.05, 3.63) is 77.8 Å². The lowest BCUT2D eigenvalue weighted by Gasteiger charge is -2.16. The van der Waals surface area contributed by atoms with Gasteiger partial charge in [0.25, 0.3) is 11.4 Å². The van der Waals surface area contributed by atoms with Crippen molar-refractivity contribution < 1.29 is 14.6 Å². The van der Waals surface area contributed by atoms with Gasteiger partial charge in [-0.3, -0.25) is 20.2 Å². The molecule has 0 spiro atoms. The summed E-state index contributed by atoms with van der Waals surface area (Å²) in [6.07, 6.45) is 0. The topological polar surface area (TPSA) is 95.5 Å². The van der Waals surface area contributed by atoms with Gasteiger partial charge in [0.15, 0.2) is 0 Å². The molecule has 2 unspecified atom stereocenters. The first-order valence-electron chi connectivity index (χ1n) is 7.44. The lowest BCUT2D eigenvalue weighted by atomic mass is 10.1. The van der Waals surface area contributed by atoms with E-state index in [9.17, 15) is 20.2 Å². The van der Waals surface area contributed by atoms with E-state index in [2.05, 4.69) is 31.9 Å². The van der Waals surface area contributed by atoms with Crippen LogP contribution in [0.4, 0.5) is 11.4 Å². The summed E-state index contributed by atoms with van der Waals surface area (Å²) >= 11 is 19.0. The zero-order chi connectivity index (χ0) is 20.1. The maximum absolute atomic E-state index is 10.9. The Morgan fingerprint density at radius 2 is 1.22 bits per heavy atom. The smallest absolute Gasteiger partial charge is 0.269 e. The third-order valence-corrected chi connectivity index (χ3v) is 5.79. The number of rotatable bonds is 8. The molecule has 2 atom stereocenters.